The first-order chi connectivity index (χ1) is 10.8. The summed E-state index contributed by atoms with van der Waals surface area (Å²) in [7, 11) is 0. The van der Waals surface area contributed by atoms with Crippen molar-refractivity contribution in [3.8, 4) is 0 Å². The lowest BCUT2D eigenvalue weighted by Crippen LogP contribution is -1.97. The fourth-order valence-corrected chi connectivity index (χ4v) is 2.15. The second-order valence-electron chi connectivity index (χ2n) is 4.81. The molecule has 2 N–H and O–H groups in total. The Labute approximate surface area is 162 Å². The molecule has 0 bridgehead atoms. The molecule has 0 aliphatic carbocycles. The molecular formula is C16H34Cl4O3. The van der Waals surface area contributed by atoms with Crippen molar-refractivity contribution < 1.29 is 14.9 Å². The van der Waals surface area contributed by atoms with Crippen LogP contribution < -0.4 is 0 Å². The lowest BCUT2D eigenvalue weighted by molar-refractivity contribution is 0.128. The third-order valence-corrected chi connectivity index (χ3v) is 3.76. The zero-order valence-electron chi connectivity index (χ0n) is 14.1. The van der Waals surface area contributed by atoms with Gasteiger partial charge in [-0.25, -0.2) is 0 Å². The fourth-order valence-electron chi connectivity index (χ4n) is 1.40. The molecule has 0 aromatic carbocycles. The topological polar surface area (TPSA) is 50.0 Å². The number of alkyl halides is 4. The minimum absolute atomic E-state index is 0. The van der Waals surface area contributed by atoms with E-state index < -0.39 is 0 Å². The molecule has 0 amide bonds. The molecule has 3 nitrogen and oxygen atoms in total. The SMILES string of the molecule is ClCCCCOCCCCCl.ClCCCCOCCCCCl.O. The van der Waals surface area contributed by atoms with Crippen molar-refractivity contribution in [3.63, 3.8) is 0 Å². The first-order valence-electron chi connectivity index (χ1n) is 8.22. The summed E-state index contributed by atoms with van der Waals surface area (Å²) in [5, 5.41) is 0. The van der Waals surface area contributed by atoms with E-state index in [1.807, 2.05) is 0 Å². The van der Waals surface area contributed by atoms with Crippen LogP contribution in [0.2, 0.25) is 0 Å². The van der Waals surface area contributed by atoms with E-state index in [1.54, 1.807) is 0 Å². The Morgan fingerprint density at radius 1 is 0.391 bits per heavy atom. The van der Waals surface area contributed by atoms with Crippen LogP contribution >= 0.6 is 46.4 Å². The van der Waals surface area contributed by atoms with Crippen LogP contribution in [0.15, 0.2) is 0 Å². The maximum absolute atomic E-state index is 5.49. The molecule has 0 aliphatic heterocycles. The minimum Gasteiger partial charge on any atom is -0.412 e. The summed E-state index contributed by atoms with van der Waals surface area (Å²) in [6.45, 7) is 3.37. The Hall–Kier alpha value is 1.04. The molecule has 0 fully saturated rings. The van der Waals surface area contributed by atoms with Crippen molar-refractivity contribution in [2.24, 2.45) is 0 Å². The smallest absolute Gasteiger partial charge is 0.0466 e. The van der Waals surface area contributed by atoms with Gasteiger partial charge in [-0.1, -0.05) is 0 Å². The summed E-state index contributed by atoms with van der Waals surface area (Å²) < 4.78 is 10.6. The molecule has 23 heavy (non-hydrogen) atoms. The van der Waals surface area contributed by atoms with Gasteiger partial charge < -0.3 is 14.9 Å². The van der Waals surface area contributed by atoms with E-state index in [4.69, 9.17) is 55.9 Å². The van der Waals surface area contributed by atoms with Gasteiger partial charge in [0.25, 0.3) is 0 Å². The summed E-state index contributed by atoms with van der Waals surface area (Å²) in [4.78, 5) is 0. The van der Waals surface area contributed by atoms with Crippen LogP contribution in [0.25, 0.3) is 0 Å². The molecule has 0 aromatic heterocycles. The van der Waals surface area contributed by atoms with Crippen molar-refractivity contribution in [3.05, 3.63) is 0 Å². The van der Waals surface area contributed by atoms with E-state index in [2.05, 4.69) is 0 Å². The third-order valence-electron chi connectivity index (χ3n) is 2.69. The molecule has 7 heteroatoms. The monoisotopic (exact) mass is 414 g/mol. The highest BCUT2D eigenvalue weighted by Crippen LogP contribution is 1.97. The molecule has 0 saturated carbocycles. The Bertz CT molecular complexity index is 143. The number of hydrogen-bond acceptors (Lipinski definition) is 2. The second kappa shape index (κ2) is 30.9. The Kier molecular flexibility index (Phi) is 38.7. The second-order valence-corrected chi connectivity index (χ2v) is 6.32. The average Bonchev–Trinajstić information content (AvgIpc) is 2.54. The standard InChI is InChI=1S/2C8H16Cl2O.H2O/c2*9-5-1-3-7-11-8-4-2-6-10;/h2*1-8H2;1H2. The molecule has 144 valence electrons. The fraction of sp³-hybridized carbons (Fsp3) is 1.00. The van der Waals surface area contributed by atoms with Gasteiger partial charge in [0, 0.05) is 49.9 Å². The molecular weight excluding hydrogens is 382 g/mol. The van der Waals surface area contributed by atoms with Crippen molar-refractivity contribution in [2.45, 2.75) is 51.4 Å². The van der Waals surface area contributed by atoms with Gasteiger partial charge in [-0.05, 0) is 51.4 Å². The summed E-state index contributed by atoms with van der Waals surface area (Å²) in [5.74, 6) is 2.96. The maximum atomic E-state index is 5.49. The Balaban J connectivity index is -0.000000333. The zero-order chi connectivity index (χ0) is 16.7. The van der Waals surface area contributed by atoms with E-state index in [0.717, 1.165) is 101 Å². The van der Waals surface area contributed by atoms with Crippen molar-refractivity contribution >= 4 is 46.4 Å². The first-order valence-corrected chi connectivity index (χ1v) is 10.4. The molecule has 0 aliphatic rings. The number of ether oxygens (including phenoxy) is 2. The molecule has 0 heterocycles. The van der Waals surface area contributed by atoms with Crippen LogP contribution in [0.5, 0.6) is 0 Å². The Morgan fingerprint density at radius 2 is 0.609 bits per heavy atom. The summed E-state index contributed by atoms with van der Waals surface area (Å²) in [6, 6.07) is 0. The number of hydrogen-bond donors (Lipinski definition) is 0. The molecule has 0 spiro atoms. The van der Waals surface area contributed by atoms with Gasteiger partial charge in [0.15, 0.2) is 0 Å². The van der Waals surface area contributed by atoms with Crippen molar-refractivity contribution in [1.82, 2.24) is 0 Å². The van der Waals surface area contributed by atoms with Crippen LogP contribution in [0, 0.1) is 0 Å². The van der Waals surface area contributed by atoms with Crippen molar-refractivity contribution in [1.29, 1.82) is 0 Å². The first kappa shape index (κ1) is 28.8. The average molecular weight is 416 g/mol. The molecule has 0 rings (SSSR count). The van der Waals surface area contributed by atoms with E-state index >= 15 is 0 Å². The lowest BCUT2D eigenvalue weighted by atomic mass is 10.3. The number of halogens is 4. The highest BCUT2D eigenvalue weighted by Gasteiger charge is 1.89. The normalized spacial score (nSPS) is 9.91. The van der Waals surface area contributed by atoms with E-state index in [1.165, 1.54) is 0 Å². The summed E-state index contributed by atoms with van der Waals surface area (Å²) in [6.07, 6.45) is 8.51. The third kappa shape index (κ3) is 35.1. The van der Waals surface area contributed by atoms with Gasteiger partial charge in [0.1, 0.15) is 0 Å². The minimum atomic E-state index is 0. The van der Waals surface area contributed by atoms with Gasteiger partial charge in [0.2, 0.25) is 0 Å². The van der Waals surface area contributed by atoms with Gasteiger partial charge in [-0.2, -0.15) is 0 Å². The number of unbranched alkanes of at least 4 members (excludes halogenated alkanes) is 4. The molecule has 0 saturated heterocycles. The molecule has 0 atom stereocenters. The van der Waals surface area contributed by atoms with Crippen LogP contribution in [-0.4, -0.2) is 55.4 Å². The predicted molar refractivity (Wildman–Crippen MR) is 105 cm³/mol. The lowest BCUT2D eigenvalue weighted by Gasteiger charge is -2.01. The van der Waals surface area contributed by atoms with Crippen LogP contribution in [0.4, 0.5) is 0 Å². The Morgan fingerprint density at radius 3 is 0.783 bits per heavy atom. The molecule has 0 unspecified atom stereocenters. The summed E-state index contributed by atoms with van der Waals surface area (Å²) in [5.41, 5.74) is 0. The van der Waals surface area contributed by atoms with E-state index in [-0.39, 0.29) is 5.48 Å². The predicted octanol–water partition coefficient (Wildman–Crippen LogP) is 5.26. The number of rotatable bonds is 16. The highest BCUT2D eigenvalue weighted by atomic mass is 35.5. The van der Waals surface area contributed by atoms with Crippen molar-refractivity contribution in [2.75, 3.05) is 49.9 Å². The quantitative estimate of drug-likeness (QED) is 0.255. The molecule has 0 aromatic rings. The summed E-state index contributed by atoms with van der Waals surface area (Å²) >= 11 is 22.0. The van der Waals surface area contributed by atoms with Gasteiger partial charge in [-0.15, -0.1) is 46.4 Å². The van der Waals surface area contributed by atoms with Crippen LogP contribution in [0.1, 0.15) is 51.4 Å². The molecule has 0 radical (unpaired) electrons. The van der Waals surface area contributed by atoms with Gasteiger partial charge in [0.05, 0.1) is 0 Å². The van der Waals surface area contributed by atoms with Crippen LogP contribution in [-0.2, 0) is 9.47 Å². The van der Waals surface area contributed by atoms with Gasteiger partial charge in [-0.3, -0.25) is 0 Å². The largest absolute Gasteiger partial charge is 0.412 e. The zero-order valence-corrected chi connectivity index (χ0v) is 17.2. The van der Waals surface area contributed by atoms with Crippen LogP contribution in [0.3, 0.4) is 0 Å². The van der Waals surface area contributed by atoms with E-state index in [9.17, 15) is 0 Å². The van der Waals surface area contributed by atoms with Gasteiger partial charge >= 0.3 is 0 Å². The van der Waals surface area contributed by atoms with E-state index in [0.29, 0.717) is 0 Å². The highest BCUT2D eigenvalue weighted by molar-refractivity contribution is 6.18. The maximum Gasteiger partial charge on any atom is 0.0466 e.